The second kappa shape index (κ2) is 13.8. The minimum atomic E-state index is -0.667. The lowest BCUT2D eigenvalue weighted by Gasteiger charge is -2.14. The van der Waals surface area contributed by atoms with Crippen molar-refractivity contribution in [1.29, 1.82) is 0 Å². The Balaban J connectivity index is 1.60. The summed E-state index contributed by atoms with van der Waals surface area (Å²) in [7, 11) is 0. The summed E-state index contributed by atoms with van der Waals surface area (Å²) in [5, 5.41) is 0. The second-order valence-electron chi connectivity index (χ2n) is 9.32. The Labute approximate surface area is 239 Å². The zero-order valence-corrected chi connectivity index (χ0v) is 23.6. The summed E-state index contributed by atoms with van der Waals surface area (Å²) < 4.78 is 27.5. The van der Waals surface area contributed by atoms with Crippen LogP contribution in [0.5, 0.6) is 28.7 Å². The van der Waals surface area contributed by atoms with Gasteiger partial charge in [-0.15, -0.1) is 0 Å². The Morgan fingerprint density at radius 1 is 0.561 bits per heavy atom. The summed E-state index contributed by atoms with van der Waals surface area (Å²) in [5.41, 5.74) is 3.58. The molecule has 3 aromatic rings. The molecule has 0 aromatic heterocycles. The zero-order valence-electron chi connectivity index (χ0n) is 23.6. The van der Waals surface area contributed by atoms with Gasteiger partial charge in [-0.3, -0.25) is 0 Å². The maximum Gasteiger partial charge on any atom is 0.338 e. The van der Waals surface area contributed by atoms with E-state index in [9.17, 15) is 14.4 Å². The lowest BCUT2D eigenvalue weighted by atomic mass is 10.0. The fourth-order valence-corrected chi connectivity index (χ4v) is 3.33. The number of ether oxygens (including phenoxy) is 5. The van der Waals surface area contributed by atoms with E-state index >= 15 is 0 Å². The van der Waals surface area contributed by atoms with Crippen LogP contribution in [0.1, 0.15) is 26.3 Å². The van der Waals surface area contributed by atoms with Gasteiger partial charge in [-0.2, -0.15) is 0 Å². The summed E-state index contributed by atoms with van der Waals surface area (Å²) in [4.78, 5) is 35.7. The number of rotatable bonds is 12. The third-order valence-corrected chi connectivity index (χ3v) is 5.55. The van der Waals surface area contributed by atoms with Gasteiger partial charge >= 0.3 is 17.9 Å². The van der Waals surface area contributed by atoms with Crippen molar-refractivity contribution >= 4 is 17.9 Å². The van der Waals surface area contributed by atoms with E-state index in [0.29, 0.717) is 22.8 Å². The van der Waals surface area contributed by atoms with E-state index in [1.54, 1.807) is 25.1 Å². The predicted molar refractivity (Wildman–Crippen MR) is 155 cm³/mol. The molecule has 3 rings (SSSR count). The molecule has 0 amide bonds. The fraction of sp³-hybridized carbons (Fsp3) is 0.182. The molecule has 212 valence electrons. The normalized spacial score (nSPS) is 10.2. The summed E-state index contributed by atoms with van der Waals surface area (Å²) in [6.07, 6.45) is 0. The highest BCUT2D eigenvalue weighted by molar-refractivity contribution is 5.91. The molecule has 3 aromatic carbocycles. The molecular formula is C33H32O8. The molecule has 0 N–H and O–H groups in total. The van der Waals surface area contributed by atoms with E-state index < -0.39 is 17.9 Å². The Hall–Kier alpha value is -5.11. The molecular weight excluding hydrogens is 524 g/mol. The zero-order chi connectivity index (χ0) is 30.1. The van der Waals surface area contributed by atoms with Crippen molar-refractivity contribution in [1.82, 2.24) is 0 Å². The summed E-state index contributed by atoms with van der Waals surface area (Å²) >= 11 is 0. The van der Waals surface area contributed by atoms with Crippen LogP contribution in [0.4, 0.5) is 0 Å². The molecule has 0 spiro atoms. The molecule has 0 saturated heterocycles. The maximum absolute atomic E-state index is 12.1. The Morgan fingerprint density at radius 3 is 1.63 bits per heavy atom. The van der Waals surface area contributed by atoms with Crippen LogP contribution in [-0.2, 0) is 14.4 Å². The smallest absolute Gasteiger partial charge is 0.338 e. The number of benzene rings is 3. The van der Waals surface area contributed by atoms with Gasteiger partial charge in [-0.1, -0.05) is 37.9 Å². The number of carbonyl (C=O) groups is 3. The van der Waals surface area contributed by atoms with Crippen LogP contribution in [-0.4, -0.2) is 31.1 Å². The van der Waals surface area contributed by atoms with Gasteiger partial charge in [0, 0.05) is 22.8 Å². The molecule has 0 aliphatic carbocycles. The molecule has 8 nitrogen and oxygen atoms in total. The van der Waals surface area contributed by atoms with Crippen molar-refractivity contribution in [3.05, 3.63) is 103 Å². The van der Waals surface area contributed by atoms with Gasteiger partial charge in [0.15, 0.2) is 11.5 Å². The van der Waals surface area contributed by atoms with Crippen LogP contribution in [0.15, 0.2) is 97.1 Å². The maximum atomic E-state index is 12.1. The van der Waals surface area contributed by atoms with Crippen LogP contribution < -0.4 is 23.7 Å². The summed E-state index contributed by atoms with van der Waals surface area (Å²) in [6, 6.07) is 17.5. The van der Waals surface area contributed by atoms with E-state index in [1.165, 1.54) is 26.0 Å². The summed E-state index contributed by atoms with van der Waals surface area (Å²) in [6.45, 7) is 17.7. The van der Waals surface area contributed by atoms with Crippen molar-refractivity contribution in [3.63, 3.8) is 0 Å². The van der Waals surface area contributed by atoms with Crippen LogP contribution in [0.3, 0.4) is 0 Å². The monoisotopic (exact) mass is 556 g/mol. The van der Waals surface area contributed by atoms with Crippen LogP contribution >= 0.6 is 0 Å². The third-order valence-electron chi connectivity index (χ3n) is 5.55. The SMILES string of the molecule is C=C(C)C(=O)Oc1ccc(-c2ccc(OCCOc3ccc(OC(=O)C(=C)C)c(OC(=O)C(=C)C)c3)c(C)c2)cc1. The molecule has 0 radical (unpaired) electrons. The molecule has 0 aliphatic heterocycles. The first-order valence-electron chi connectivity index (χ1n) is 12.7. The first kappa shape index (κ1) is 30.4. The Morgan fingerprint density at radius 2 is 1.05 bits per heavy atom. The van der Waals surface area contributed by atoms with Crippen LogP contribution in [0.25, 0.3) is 11.1 Å². The Bertz CT molecular complexity index is 1500. The van der Waals surface area contributed by atoms with Crippen molar-refractivity contribution in [2.24, 2.45) is 0 Å². The van der Waals surface area contributed by atoms with Crippen LogP contribution in [0, 0.1) is 6.92 Å². The van der Waals surface area contributed by atoms with E-state index in [-0.39, 0.29) is 35.9 Å². The number of hydrogen-bond acceptors (Lipinski definition) is 8. The quantitative estimate of drug-likeness (QED) is 0.107. The van der Waals surface area contributed by atoms with E-state index in [0.717, 1.165) is 16.7 Å². The lowest BCUT2D eigenvalue weighted by Crippen LogP contribution is -2.13. The fourth-order valence-electron chi connectivity index (χ4n) is 3.33. The molecule has 0 atom stereocenters. The van der Waals surface area contributed by atoms with Gasteiger partial charge in [0.05, 0.1) is 0 Å². The first-order valence-corrected chi connectivity index (χ1v) is 12.7. The van der Waals surface area contributed by atoms with Crippen molar-refractivity contribution in [3.8, 4) is 39.9 Å². The minimum Gasteiger partial charge on any atom is -0.490 e. The molecule has 41 heavy (non-hydrogen) atoms. The van der Waals surface area contributed by atoms with Gasteiger partial charge < -0.3 is 23.7 Å². The van der Waals surface area contributed by atoms with Gasteiger partial charge in [-0.05, 0) is 80.8 Å². The number of esters is 3. The molecule has 8 heteroatoms. The molecule has 0 unspecified atom stereocenters. The highest BCUT2D eigenvalue weighted by Gasteiger charge is 2.16. The second-order valence-corrected chi connectivity index (χ2v) is 9.32. The van der Waals surface area contributed by atoms with E-state index in [2.05, 4.69) is 19.7 Å². The van der Waals surface area contributed by atoms with Crippen molar-refractivity contribution < 1.29 is 38.1 Å². The molecule has 0 bridgehead atoms. The first-order chi connectivity index (χ1) is 19.4. The number of hydrogen-bond donors (Lipinski definition) is 0. The van der Waals surface area contributed by atoms with Gasteiger partial charge in [0.1, 0.15) is 30.5 Å². The largest absolute Gasteiger partial charge is 0.490 e. The highest BCUT2D eigenvalue weighted by Crippen LogP contribution is 2.33. The summed E-state index contributed by atoms with van der Waals surface area (Å²) in [5.74, 6) is -0.190. The van der Waals surface area contributed by atoms with E-state index in [4.69, 9.17) is 23.7 Å². The highest BCUT2D eigenvalue weighted by atomic mass is 16.6. The minimum absolute atomic E-state index is 0.0134. The average Bonchev–Trinajstić information content (AvgIpc) is 2.93. The van der Waals surface area contributed by atoms with Crippen molar-refractivity contribution in [2.75, 3.05) is 13.2 Å². The Kier molecular flexibility index (Phi) is 10.2. The third kappa shape index (κ3) is 8.69. The molecule has 0 fully saturated rings. The number of carbonyl (C=O) groups excluding carboxylic acids is 3. The number of aryl methyl sites for hydroxylation is 1. The molecule has 0 saturated carbocycles. The van der Waals surface area contributed by atoms with Gasteiger partial charge in [0.25, 0.3) is 0 Å². The topological polar surface area (TPSA) is 97.4 Å². The van der Waals surface area contributed by atoms with E-state index in [1.807, 2.05) is 37.3 Å². The van der Waals surface area contributed by atoms with Gasteiger partial charge in [-0.25, -0.2) is 14.4 Å². The van der Waals surface area contributed by atoms with Gasteiger partial charge in [0.2, 0.25) is 0 Å². The predicted octanol–water partition coefficient (Wildman–Crippen LogP) is 6.56. The molecule has 0 aliphatic rings. The molecule has 0 heterocycles. The lowest BCUT2D eigenvalue weighted by molar-refractivity contribution is -0.132. The average molecular weight is 557 g/mol. The van der Waals surface area contributed by atoms with Crippen molar-refractivity contribution in [2.45, 2.75) is 27.7 Å². The van der Waals surface area contributed by atoms with Crippen LogP contribution in [0.2, 0.25) is 0 Å². The standard InChI is InChI=1S/C33H32O8/c1-20(2)31(34)39-26-11-8-24(9-12-26)25-10-14-28(23(7)18-25)38-17-16-37-27-13-15-29(40-32(35)21(3)4)30(19-27)41-33(36)22(5)6/h8-15,18-19H,1,3,5,16-17H2,2,4,6-7H3.